The van der Waals surface area contributed by atoms with E-state index in [4.69, 9.17) is 9.47 Å². The molecule has 2 aromatic heterocycles. The molecule has 3 aromatic rings. The molecule has 6 nitrogen and oxygen atoms in total. The van der Waals surface area contributed by atoms with Crippen molar-refractivity contribution < 1.29 is 14.3 Å². The molecule has 1 atom stereocenters. The summed E-state index contributed by atoms with van der Waals surface area (Å²) in [6, 6.07) is 8.90. The number of carbonyl (C=O) groups excluding carboxylic acids is 1. The number of ether oxygens (including phenoxy) is 2. The van der Waals surface area contributed by atoms with Crippen LogP contribution in [0.4, 0.5) is 0 Å². The molecule has 33 heavy (non-hydrogen) atoms. The highest BCUT2D eigenvalue weighted by Gasteiger charge is 2.33. The van der Waals surface area contributed by atoms with E-state index in [1.165, 1.54) is 11.3 Å². The van der Waals surface area contributed by atoms with Crippen LogP contribution in [0.3, 0.4) is 0 Å². The Labute approximate surface area is 200 Å². The van der Waals surface area contributed by atoms with E-state index in [1.807, 2.05) is 62.6 Å². The molecule has 1 aromatic carbocycles. The number of carbonyl (C=O) groups is 1. The molecule has 0 aliphatic carbocycles. The van der Waals surface area contributed by atoms with Gasteiger partial charge < -0.3 is 9.47 Å². The fourth-order valence-electron chi connectivity index (χ4n) is 3.76. The normalized spacial score (nSPS) is 16.1. The molecule has 172 valence electrons. The number of hydrogen-bond acceptors (Lipinski definition) is 7. The Morgan fingerprint density at radius 1 is 1.21 bits per heavy atom. The van der Waals surface area contributed by atoms with Crippen molar-refractivity contribution in [3.63, 3.8) is 0 Å². The molecular formula is C25H26N2O4S2. The third-order valence-corrected chi connectivity index (χ3v) is 7.20. The van der Waals surface area contributed by atoms with Crippen molar-refractivity contribution in [1.82, 2.24) is 4.57 Å². The van der Waals surface area contributed by atoms with Gasteiger partial charge >= 0.3 is 5.97 Å². The number of allylic oxidation sites excluding steroid dienone is 1. The molecule has 0 saturated carbocycles. The summed E-state index contributed by atoms with van der Waals surface area (Å²) in [7, 11) is 0. The Morgan fingerprint density at radius 2 is 1.94 bits per heavy atom. The number of thiazole rings is 1. The number of nitrogens with zero attached hydrogens (tertiary/aromatic N) is 2. The maximum absolute atomic E-state index is 13.6. The van der Waals surface area contributed by atoms with Crippen LogP contribution in [0.1, 0.15) is 49.7 Å². The number of aryl methyl sites for hydroxylation is 1. The van der Waals surface area contributed by atoms with Crippen molar-refractivity contribution in [3.8, 4) is 5.75 Å². The fourth-order valence-corrected chi connectivity index (χ4v) is 5.72. The SMILES string of the molecule is CCOC(=O)C1=C(C)N=c2s/c(=C\c3sccc3C)c(=O)n2C1c1ccc(OC(C)C)cc1. The standard InChI is InChI=1S/C25H26N2O4S2/c1-6-30-24(29)21-16(5)26-25-27(22(21)17-7-9-18(10-8-17)31-14(2)3)23(28)20(33-25)13-19-15(4)11-12-32-19/h7-14,22H,6H2,1-5H3/b20-13-. The maximum atomic E-state index is 13.6. The molecule has 0 amide bonds. The predicted octanol–water partition coefficient (Wildman–Crippen LogP) is 3.96. The minimum atomic E-state index is -0.625. The first-order valence-corrected chi connectivity index (χ1v) is 12.5. The van der Waals surface area contributed by atoms with Crippen molar-refractivity contribution in [2.24, 2.45) is 4.99 Å². The number of esters is 1. The van der Waals surface area contributed by atoms with Gasteiger partial charge in [0.05, 0.1) is 34.6 Å². The second-order valence-electron chi connectivity index (χ2n) is 8.01. The van der Waals surface area contributed by atoms with Crippen molar-refractivity contribution in [2.45, 2.75) is 46.8 Å². The average Bonchev–Trinajstić information content (AvgIpc) is 3.30. The summed E-state index contributed by atoms with van der Waals surface area (Å²) in [4.78, 5) is 32.7. The Morgan fingerprint density at radius 3 is 2.55 bits per heavy atom. The van der Waals surface area contributed by atoms with Crippen LogP contribution in [0.25, 0.3) is 6.08 Å². The first-order valence-electron chi connectivity index (χ1n) is 10.8. The van der Waals surface area contributed by atoms with E-state index in [0.29, 0.717) is 20.6 Å². The third-order valence-electron chi connectivity index (χ3n) is 5.25. The average molecular weight is 483 g/mol. The lowest BCUT2D eigenvalue weighted by molar-refractivity contribution is -0.139. The van der Waals surface area contributed by atoms with E-state index in [9.17, 15) is 9.59 Å². The molecule has 0 spiro atoms. The van der Waals surface area contributed by atoms with E-state index in [1.54, 1.807) is 29.8 Å². The summed E-state index contributed by atoms with van der Waals surface area (Å²) in [6.45, 7) is 9.74. The molecule has 1 aliphatic heterocycles. The van der Waals surface area contributed by atoms with Crippen LogP contribution in [0.15, 0.2) is 56.8 Å². The molecule has 1 aliphatic rings. The van der Waals surface area contributed by atoms with Gasteiger partial charge in [-0.15, -0.1) is 11.3 Å². The van der Waals surface area contributed by atoms with Crippen LogP contribution in [0.2, 0.25) is 0 Å². The zero-order valence-electron chi connectivity index (χ0n) is 19.2. The summed E-state index contributed by atoms with van der Waals surface area (Å²) < 4.78 is 13.3. The van der Waals surface area contributed by atoms with Crippen LogP contribution in [-0.2, 0) is 9.53 Å². The quantitative estimate of drug-likeness (QED) is 0.499. The highest BCUT2D eigenvalue weighted by molar-refractivity contribution is 7.11. The molecule has 0 radical (unpaired) electrons. The highest BCUT2D eigenvalue weighted by Crippen LogP contribution is 2.31. The van der Waals surface area contributed by atoms with Gasteiger partial charge in [-0.3, -0.25) is 9.36 Å². The van der Waals surface area contributed by atoms with Crippen LogP contribution in [0.5, 0.6) is 5.75 Å². The molecule has 3 heterocycles. The fraction of sp³-hybridized carbons (Fsp3) is 0.320. The summed E-state index contributed by atoms with van der Waals surface area (Å²) in [5.74, 6) is 0.266. The first kappa shape index (κ1) is 23.2. The van der Waals surface area contributed by atoms with Gasteiger partial charge in [0.25, 0.3) is 5.56 Å². The second kappa shape index (κ2) is 9.49. The number of benzene rings is 1. The Bertz CT molecular complexity index is 1390. The number of rotatable bonds is 6. The number of fused-ring (bicyclic) bond motifs is 1. The van der Waals surface area contributed by atoms with Crippen LogP contribution in [-0.4, -0.2) is 23.2 Å². The van der Waals surface area contributed by atoms with Gasteiger partial charge in [0.2, 0.25) is 0 Å². The van der Waals surface area contributed by atoms with E-state index in [-0.39, 0.29) is 18.3 Å². The predicted molar refractivity (Wildman–Crippen MR) is 132 cm³/mol. The minimum absolute atomic E-state index is 0.0477. The van der Waals surface area contributed by atoms with Gasteiger partial charge in [-0.2, -0.15) is 0 Å². The maximum Gasteiger partial charge on any atom is 0.338 e. The van der Waals surface area contributed by atoms with Crippen molar-refractivity contribution >= 4 is 34.7 Å². The van der Waals surface area contributed by atoms with E-state index >= 15 is 0 Å². The lowest BCUT2D eigenvalue weighted by atomic mass is 9.96. The summed E-state index contributed by atoms with van der Waals surface area (Å²) in [5, 5.41) is 2.00. The lowest BCUT2D eigenvalue weighted by Crippen LogP contribution is -2.39. The van der Waals surface area contributed by atoms with Gasteiger partial charge in [-0.05, 0) is 75.4 Å². The number of hydrogen-bond donors (Lipinski definition) is 0. The van der Waals surface area contributed by atoms with Crippen LogP contribution < -0.4 is 19.6 Å². The first-order chi connectivity index (χ1) is 15.8. The van der Waals surface area contributed by atoms with Gasteiger partial charge in [-0.1, -0.05) is 23.5 Å². The van der Waals surface area contributed by atoms with Crippen molar-refractivity contribution in [1.29, 1.82) is 0 Å². The third kappa shape index (κ3) is 4.58. The Hall–Kier alpha value is -2.97. The van der Waals surface area contributed by atoms with E-state index in [2.05, 4.69) is 4.99 Å². The van der Waals surface area contributed by atoms with Gasteiger partial charge in [0, 0.05) is 4.88 Å². The zero-order chi connectivity index (χ0) is 23.7. The topological polar surface area (TPSA) is 69.9 Å². The molecule has 0 saturated heterocycles. The number of aromatic nitrogens is 1. The highest BCUT2D eigenvalue weighted by atomic mass is 32.1. The molecule has 8 heteroatoms. The Kier molecular flexibility index (Phi) is 6.67. The van der Waals surface area contributed by atoms with E-state index < -0.39 is 12.0 Å². The van der Waals surface area contributed by atoms with Crippen molar-refractivity contribution in [3.05, 3.63) is 82.7 Å². The van der Waals surface area contributed by atoms with Gasteiger partial charge in [0.1, 0.15) is 5.75 Å². The van der Waals surface area contributed by atoms with Gasteiger partial charge in [-0.25, -0.2) is 9.79 Å². The second-order valence-corrected chi connectivity index (χ2v) is 9.96. The monoisotopic (exact) mass is 482 g/mol. The molecule has 0 bridgehead atoms. The van der Waals surface area contributed by atoms with Crippen LogP contribution in [0, 0.1) is 6.92 Å². The largest absolute Gasteiger partial charge is 0.491 e. The summed E-state index contributed by atoms with van der Waals surface area (Å²) >= 11 is 2.92. The molecule has 1 unspecified atom stereocenters. The van der Waals surface area contributed by atoms with E-state index in [0.717, 1.165) is 21.8 Å². The zero-order valence-corrected chi connectivity index (χ0v) is 20.9. The summed E-state index contributed by atoms with van der Waals surface area (Å²) in [6.07, 6.45) is 1.95. The Balaban J connectivity index is 1.90. The minimum Gasteiger partial charge on any atom is -0.491 e. The van der Waals surface area contributed by atoms with Crippen molar-refractivity contribution in [2.75, 3.05) is 6.61 Å². The van der Waals surface area contributed by atoms with Gasteiger partial charge in [0.15, 0.2) is 4.80 Å². The number of thiophene rings is 1. The molecule has 4 rings (SSSR count). The van der Waals surface area contributed by atoms with Crippen LogP contribution >= 0.6 is 22.7 Å². The smallest absolute Gasteiger partial charge is 0.338 e. The molecule has 0 fully saturated rings. The summed E-state index contributed by atoms with van der Waals surface area (Å²) in [5.41, 5.74) is 2.67. The lowest BCUT2D eigenvalue weighted by Gasteiger charge is -2.25. The molecular weight excluding hydrogens is 456 g/mol. The molecule has 0 N–H and O–H groups in total.